The fourth-order valence-corrected chi connectivity index (χ4v) is 3.36. The zero-order valence-electron chi connectivity index (χ0n) is 13.2. The van der Waals surface area contributed by atoms with Crippen molar-refractivity contribution in [2.24, 2.45) is 0 Å². The Morgan fingerprint density at radius 1 is 1.42 bits per heavy atom. The van der Waals surface area contributed by atoms with Crippen molar-refractivity contribution in [2.45, 2.75) is 20.4 Å². The molecule has 2 aromatic heterocycles. The van der Waals surface area contributed by atoms with E-state index in [0.29, 0.717) is 18.8 Å². The number of carbonyl (C=O) groups excluding carboxylic acids is 1. The number of rotatable bonds is 2. The lowest BCUT2D eigenvalue weighted by Crippen LogP contribution is -2.12. The summed E-state index contributed by atoms with van der Waals surface area (Å²) in [6.45, 7) is 4.41. The van der Waals surface area contributed by atoms with Crippen molar-refractivity contribution in [1.82, 2.24) is 24.5 Å². The molecule has 0 spiro atoms. The number of fused-ring (bicyclic) bond motifs is 5. The van der Waals surface area contributed by atoms with Gasteiger partial charge in [-0.3, -0.25) is 4.57 Å². The molecule has 0 fully saturated rings. The summed E-state index contributed by atoms with van der Waals surface area (Å²) in [7, 11) is 0. The van der Waals surface area contributed by atoms with Crippen molar-refractivity contribution in [3.05, 3.63) is 46.1 Å². The SMILES string of the molecule is CCOC(=O)c1ncn2c1Cn1nnc(C)c1-c1cc(Br)ccc1-2. The molecule has 0 aliphatic carbocycles. The maximum absolute atomic E-state index is 12.2. The van der Waals surface area contributed by atoms with Gasteiger partial charge in [-0.15, -0.1) is 5.10 Å². The molecule has 8 heteroatoms. The first-order chi connectivity index (χ1) is 11.6. The van der Waals surface area contributed by atoms with E-state index in [2.05, 4.69) is 31.2 Å². The normalized spacial score (nSPS) is 12.1. The minimum Gasteiger partial charge on any atom is -0.461 e. The first-order valence-corrected chi connectivity index (χ1v) is 8.33. The van der Waals surface area contributed by atoms with Gasteiger partial charge in [0.1, 0.15) is 6.33 Å². The molecular formula is C16H14BrN5O2. The quantitative estimate of drug-likeness (QED) is 0.494. The van der Waals surface area contributed by atoms with Crippen LogP contribution in [0.4, 0.5) is 0 Å². The molecule has 0 atom stereocenters. The summed E-state index contributed by atoms with van der Waals surface area (Å²) in [6, 6.07) is 5.97. The lowest BCUT2D eigenvalue weighted by atomic mass is 10.1. The molecular weight excluding hydrogens is 374 g/mol. The highest BCUT2D eigenvalue weighted by Crippen LogP contribution is 2.35. The van der Waals surface area contributed by atoms with E-state index >= 15 is 0 Å². The number of benzene rings is 1. The minimum absolute atomic E-state index is 0.308. The molecule has 122 valence electrons. The molecule has 7 nitrogen and oxygen atoms in total. The van der Waals surface area contributed by atoms with E-state index in [-0.39, 0.29) is 0 Å². The van der Waals surface area contributed by atoms with Gasteiger partial charge in [0.2, 0.25) is 0 Å². The van der Waals surface area contributed by atoms with Crippen LogP contribution in [0.2, 0.25) is 0 Å². The first-order valence-electron chi connectivity index (χ1n) is 7.54. The van der Waals surface area contributed by atoms with Crippen molar-refractivity contribution in [3.63, 3.8) is 0 Å². The predicted octanol–water partition coefficient (Wildman–Crippen LogP) is 2.74. The second-order valence-corrected chi connectivity index (χ2v) is 6.39. The molecule has 1 aliphatic heterocycles. The van der Waals surface area contributed by atoms with Crippen LogP contribution in [-0.2, 0) is 11.3 Å². The van der Waals surface area contributed by atoms with Crippen LogP contribution >= 0.6 is 15.9 Å². The predicted molar refractivity (Wildman–Crippen MR) is 90.1 cm³/mol. The number of hydrogen-bond acceptors (Lipinski definition) is 5. The number of nitrogens with zero attached hydrogens (tertiary/aromatic N) is 5. The van der Waals surface area contributed by atoms with Crippen LogP contribution < -0.4 is 0 Å². The lowest BCUT2D eigenvalue weighted by Gasteiger charge is -2.09. The van der Waals surface area contributed by atoms with Crippen LogP contribution in [0.3, 0.4) is 0 Å². The number of carbonyl (C=O) groups is 1. The number of ether oxygens (including phenoxy) is 1. The molecule has 3 heterocycles. The zero-order chi connectivity index (χ0) is 16.8. The topological polar surface area (TPSA) is 74.8 Å². The summed E-state index contributed by atoms with van der Waals surface area (Å²) >= 11 is 3.52. The van der Waals surface area contributed by atoms with Gasteiger partial charge in [-0.1, -0.05) is 21.1 Å². The standard InChI is InChI=1S/C16H14BrN5O2/c1-3-24-16(23)14-13-7-22-15(9(2)19-20-22)11-6-10(17)4-5-12(11)21(13)8-18-14/h4-6,8H,3,7H2,1-2H3. The van der Waals surface area contributed by atoms with Gasteiger partial charge in [-0.05, 0) is 32.0 Å². The van der Waals surface area contributed by atoms with Crippen molar-refractivity contribution in [2.75, 3.05) is 6.61 Å². The van der Waals surface area contributed by atoms with Gasteiger partial charge in [-0.2, -0.15) is 0 Å². The van der Waals surface area contributed by atoms with Gasteiger partial charge < -0.3 is 4.74 Å². The largest absolute Gasteiger partial charge is 0.461 e. The molecule has 0 saturated carbocycles. The van der Waals surface area contributed by atoms with Gasteiger partial charge in [0.05, 0.1) is 35.9 Å². The second-order valence-electron chi connectivity index (χ2n) is 5.47. The van der Waals surface area contributed by atoms with E-state index < -0.39 is 5.97 Å². The number of halogens is 1. The van der Waals surface area contributed by atoms with Gasteiger partial charge >= 0.3 is 5.97 Å². The minimum atomic E-state index is -0.426. The molecule has 1 aliphatic rings. The molecule has 1 aromatic carbocycles. The summed E-state index contributed by atoms with van der Waals surface area (Å²) in [6.07, 6.45) is 1.66. The average molecular weight is 388 g/mol. The Balaban J connectivity index is 2.00. The number of aromatic nitrogens is 5. The van der Waals surface area contributed by atoms with Gasteiger partial charge in [0.15, 0.2) is 5.69 Å². The Labute approximate surface area is 146 Å². The highest BCUT2D eigenvalue weighted by atomic mass is 79.9. The monoisotopic (exact) mass is 387 g/mol. The summed E-state index contributed by atoms with van der Waals surface area (Å²) < 4.78 is 9.80. The van der Waals surface area contributed by atoms with E-state index in [9.17, 15) is 4.79 Å². The third-order valence-electron chi connectivity index (χ3n) is 4.01. The third-order valence-corrected chi connectivity index (χ3v) is 4.50. The fraction of sp³-hybridized carbons (Fsp3) is 0.250. The summed E-state index contributed by atoms with van der Waals surface area (Å²) in [4.78, 5) is 16.5. The number of hydrogen-bond donors (Lipinski definition) is 0. The molecule has 0 N–H and O–H groups in total. The maximum Gasteiger partial charge on any atom is 0.358 e. The Hall–Kier alpha value is -2.48. The van der Waals surface area contributed by atoms with Gasteiger partial charge in [0.25, 0.3) is 0 Å². The van der Waals surface area contributed by atoms with Crippen molar-refractivity contribution < 1.29 is 9.53 Å². The fourth-order valence-electron chi connectivity index (χ4n) is 3.00. The van der Waals surface area contributed by atoms with Crippen LogP contribution in [-0.4, -0.2) is 37.1 Å². The van der Waals surface area contributed by atoms with Gasteiger partial charge in [0, 0.05) is 10.0 Å². The Morgan fingerprint density at radius 2 is 2.25 bits per heavy atom. The number of imidazole rings is 1. The number of esters is 1. The molecule has 0 radical (unpaired) electrons. The number of aryl methyl sites for hydroxylation is 1. The van der Waals surface area contributed by atoms with Crippen molar-refractivity contribution >= 4 is 21.9 Å². The Kier molecular flexibility index (Phi) is 3.49. The highest BCUT2D eigenvalue weighted by molar-refractivity contribution is 9.10. The maximum atomic E-state index is 12.2. The Bertz CT molecular complexity index is 960. The molecule has 0 amide bonds. The molecule has 4 rings (SSSR count). The van der Waals surface area contributed by atoms with Crippen LogP contribution in [0.15, 0.2) is 29.0 Å². The summed E-state index contributed by atoms with van der Waals surface area (Å²) in [5.41, 5.74) is 4.74. The van der Waals surface area contributed by atoms with Crippen LogP contribution in [0.5, 0.6) is 0 Å². The first kappa shape index (κ1) is 15.1. The van der Waals surface area contributed by atoms with Crippen LogP contribution in [0.25, 0.3) is 16.9 Å². The molecule has 3 aromatic rings. The smallest absolute Gasteiger partial charge is 0.358 e. The Morgan fingerprint density at radius 3 is 3.04 bits per heavy atom. The highest BCUT2D eigenvalue weighted by Gasteiger charge is 2.27. The van der Waals surface area contributed by atoms with E-state index in [1.165, 1.54) is 0 Å². The van der Waals surface area contributed by atoms with E-state index in [0.717, 1.165) is 32.8 Å². The zero-order valence-corrected chi connectivity index (χ0v) is 14.7. The van der Waals surface area contributed by atoms with E-state index in [1.54, 1.807) is 17.9 Å². The third kappa shape index (κ3) is 2.17. The van der Waals surface area contributed by atoms with E-state index in [4.69, 9.17) is 4.74 Å². The summed E-state index contributed by atoms with van der Waals surface area (Å²) in [5.74, 6) is -0.426. The molecule has 0 saturated heterocycles. The van der Waals surface area contributed by atoms with Crippen molar-refractivity contribution in [1.29, 1.82) is 0 Å². The molecule has 0 bridgehead atoms. The second kappa shape index (κ2) is 5.55. The average Bonchev–Trinajstić information content (AvgIpc) is 3.09. The van der Waals surface area contributed by atoms with Crippen LogP contribution in [0.1, 0.15) is 28.8 Å². The van der Waals surface area contributed by atoms with E-state index in [1.807, 2.05) is 29.7 Å². The molecule has 0 unspecified atom stereocenters. The lowest BCUT2D eigenvalue weighted by molar-refractivity contribution is 0.0518. The van der Waals surface area contributed by atoms with Gasteiger partial charge in [-0.25, -0.2) is 14.5 Å². The van der Waals surface area contributed by atoms with Crippen molar-refractivity contribution in [3.8, 4) is 16.9 Å². The summed E-state index contributed by atoms with van der Waals surface area (Å²) in [5, 5.41) is 8.42. The van der Waals surface area contributed by atoms with Crippen LogP contribution in [0, 0.1) is 6.92 Å². The molecule has 24 heavy (non-hydrogen) atoms.